The van der Waals surface area contributed by atoms with Crippen LogP contribution in [0, 0.1) is 0 Å². The molecule has 0 aliphatic carbocycles. The molecule has 0 fully saturated rings. The van der Waals surface area contributed by atoms with Gasteiger partial charge in [-0.2, -0.15) is 0 Å². The number of aromatic nitrogens is 3. The maximum absolute atomic E-state index is 4.46. The van der Waals surface area contributed by atoms with E-state index in [0.717, 1.165) is 32.6 Å². The van der Waals surface area contributed by atoms with Gasteiger partial charge in [0, 0.05) is 28.4 Å². The number of halogens is 1. The van der Waals surface area contributed by atoms with Gasteiger partial charge in [-0.05, 0) is 34.5 Å². The second-order valence-corrected chi connectivity index (χ2v) is 6.20. The third-order valence-corrected chi connectivity index (χ3v) is 4.35. The summed E-state index contributed by atoms with van der Waals surface area (Å²) in [6.45, 7) is 2.15. The number of pyridine rings is 2. The summed E-state index contributed by atoms with van der Waals surface area (Å²) in [5.41, 5.74) is 2.74. The van der Waals surface area contributed by atoms with E-state index in [-0.39, 0.29) is 6.04 Å². The molecule has 0 bridgehead atoms. The molecular weight excluding hydrogens is 336 g/mol. The van der Waals surface area contributed by atoms with Crippen LogP contribution in [0.1, 0.15) is 24.4 Å². The van der Waals surface area contributed by atoms with Crippen LogP contribution in [0.5, 0.6) is 0 Å². The Hall–Kier alpha value is -1.53. The van der Waals surface area contributed by atoms with Gasteiger partial charge in [0.25, 0.3) is 0 Å². The lowest BCUT2D eigenvalue weighted by molar-refractivity contribution is 0.743. The molecule has 4 nitrogen and oxygen atoms in total. The summed E-state index contributed by atoms with van der Waals surface area (Å²) in [5.74, 6) is 0. The lowest BCUT2D eigenvalue weighted by Gasteiger charge is -2.16. The number of rotatable bonds is 4. The molecule has 102 valence electrons. The van der Waals surface area contributed by atoms with Crippen molar-refractivity contribution < 1.29 is 0 Å². The first-order valence-corrected chi connectivity index (χ1v) is 8.01. The van der Waals surface area contributed by atoms with Gasteiger partial charge in [-0.3, -0.25) is 9.97 Å². The molecule has 0 aliphatic rings. The largest absolute Gasteiger partial charge is 0.374 e. The summed E-state index contributed by atoms with van der Waals surface area (Å²) < 4.78 is 0.932. The van der Waals surface area contributed by atoms with Crippen LogP contribution in [0.4, 0.5) is 5.69 Å². The Morgan fingerprint density at radius 3 is 2.95 bits per heavy atom. The quantitative estimate of drug-likeness (QED) is 0.758. The van der Waals surface area contributed by atoms with Gasteiger partial charge >= 0.3 is 0 Å². The van der Waals surface area contributed by atoms with Gasteiger partial charge in [0.2, 0.25) is 0 Å². The van der Waals surface area contributed by atoms with Crippen molar-refractivity contribution in [3.63, 3.8) is 0 Å². The van der Waals surface area contributed by atoms with Crippen LogP contribution in [0.2, 0.25) is 0 Å². The van der Waals surface area contributed by atoms with Crippen LogP contribution in [0.15, 0.2) is 40.6 Å². The zero-order chi connectivity index (χ0) is 13.9. The smallest absolute Gasteiger partial charge is 0.115 e. The topological polar surface area (TPSA) is 50.7 Å². The minimum Gasteiger partial charge on any atom is -0.374 e. The molecule has 1 atom stereocenters. The van der Waals surface area contributed by atoms with E-state index in [1.165, 1.54) is 0 Å². The highest BCUT2D eigenvalue weighted by atomic mass is 79.9. The van der Waals surface area contributed by atoms with Gasteiger partial charge in [-0.1, -0.05) is 6.92 Å². The molecule has 1 N–H and O–H groups in total. The predicted molar refractivity (Wildman–Crippen MR) is 86.0 cm³/mol. The van der Waals surface area contributed by atoms with E-state index in [1.807, 2.05) is 23.7 Å². The molecule has 3 heterocycles. The minimum atomic E-state index is 0.200. The molecule has 3 aromatic rings. The van der Waals surface area contributed by atoms with Crippen molar-refractivity contribution in [3.8, 4) is 0 Å². The van der Waals surface area contributed by atoms with Crippen LogP contribution < -0.4 is 5.32 Å². The first-order chi connectivity index (χ1) is 9.78. The van der Waals surface area contributed by atoms with E-state index in [2.05, 4.69) is 43.1 Å². The summed E-state index contributed by atoms with van der Waals surface area (Å²) >= 11 is 5.09. The van der Waals surface area contributed by atoms with E-state index >= 15 is 0 Å². The SMILES string of the molecule is CCC(Nc1ccnc2cc(Br)cnc12)c1nccs1. The number of nitrogens with one attached hydrogen (secondary N) is 1. The first kappa shape index (κ1) is 13.5. The Morgan fingerprint density at radius 1 is 1.30 bits per heavy atom. The highest BCUT2D eigenvalue weighted by molar-refractivity contribution is 9.10. The van der Waals surface area contributed by atoms with Gasteiger partial charge in [0.15, 0.2) is 0 Å². The van der Waals surface area contributed by atoms with Crippen LogP contribution >= 0.6 is 27.3 Å². The van der Waals surface area contributed by atoms with Crippen LogP contribution in [0.3, 0.4) is 0 Å². The Bertz CT molecular complexity index is 714. The van der Waals surface area contributed by atoms with Crippen molar-refractivity contribution in [1.29, 1.82) is 0 Å². The van der Waals surface area contributed by atoms with Crippen molar-refractivity contribution in [2.75, 3.05) is 5.32 Å². The van der Waals surface area contributed by atoms with Gasteiger partial charge in [0.1, 0.15) is 10.5 Å². The second-order valence-electron chi connectivity index (χ2n) is 4.36. The van der Waals surface area contributed by atoms with E-state index in [9.17, 15) is 0 Å². The van der Waals surface area contributed by atoms with Crippen molar-refractivity contribution in [2.24, 2.45) is 0 Å². The molecule has 20 heavy (non-hydrogen) atoms. The highest BCUT2D eigenvalue weighted by Crippen LogP contribution is 2.28. The highest BCUT2D eigenvalue weighted by Gasteiger charge is 2.13. The molecule has 3 rings (SSSR count). The van der Waals surface area contributed by atoms with Gasteiger partial charge in [0.05, 0.1) is 17.2 Å². The number of fused-ring (bicyclic) bond motifs is 1. The summed E-state index contributed by atoms with van der Waals surface area (Å²) in [5, 5.41) is 6.62. The molecule has 0 spiro atoms. The molecule has 3 aromatic heterocycles. The fraction of sp³-hybridized carbons (Fsp3) is 0.214. The summed E-state index contributed by atoms with van der Waals surface area (Å²) in [7, 11) is 0. The third kappa shape index (κ3) is 2.66. The number of thiazole rings is 1. The van der Waals surface area contributed by atoms with Crippen LogP contribution in [-0.4, -0.2) is 15.0 Å². The van der Waals surface area contributed by atoms with Crippen molar-refractivity contribution in [3.05, 3.63) is 45.6 Å². The lowest BCUT2D eigenvalue weighted by Crippen LogP contribution is -2.10. The number of nitrogens with zero attached hydrogens (tertiary/aromatic N) is 3. The number of hydrogen-bond acceptors (Lipinski definition) is 5. The third-order valence-electron chi connectivity index (χ3n) is 3.03. The minimum absolute atomic E-state index is 0.200. The molecule has 0 radical (unpaired) electrons. The summed E-state index contributed by atoms with van der Waals surface area (Å²) in [4.78, 5) is 13.2. The molecular formula is C14H13BrN4S. The normalized spacial score (nSPS) is 12.5. The van der Waals surface area contributed by atoms with E-state index in [0.29, 0.717) is 0 Å². The molecule has 0 aromatic carbocycles. The van der Waals surface area contributed by atoms with Crippen molar-refractivity contribution in [2.45, 2.75) is 19.4 Å². The zero-order valence-electron chi connectivity index (χ0n) is 10.9. The van der Waals surface area contributed by atoms with Gasteiger partial charge in [-0.25, -0.2) is 4.98 Å². The first-order valence-electron chi connectivity index (χ1n) is 6.34. The van der Waals surface area contributed by atoms with Crippen molar-refractivity contribution in [1.82, 2.24) is 15.0 Å². The van der Waals surface area contributed by atoms with Crippen LogP contribution in [0.25, 0.3) is 11.0 Å². The fourth-order valence-electron chi connectivity index (χ4n) is 2.05. The summed E-state index contributed by atoms with van der Waals surface area (Å²) in [6, 6.07) is 4.13. The Balaban J connectivity index is 1.98. The Kier molecular flexibility index (Phi) is 3.93. The monoisotopic (exact) mass is 348 g/mol. The molecule has 0 amide bonds. The maximum Gasteiger partial charge on any atom is 0.115 e. The van der Waals surface area contributed by atoms with Crippen LogP contribution in [-0.2, 0) is 0 Å². The lowest BCUT2D eigenvalue weighted by atomic mass is 10.2. The van der Waals surface area contributed by atoms with E-state index in [4.69, 9.17) is 0 Å². The number of hydrogen-bond donors (Lipinski definition) is 1. The van der Waals surface area contributed by atoms with E-state index in [1.54, 1.807) is 23.7 Å². The maximum atomic E-state index is 4.46. The molecule has 1 unspecified atom stereocenters. The standard InChI is InChI=1S/C14H13BrN4S/c1-2-10(14-17-5-6-20-14)19-11-3-4-16-12-7-9(15)8-18-13(11)12/h3-8,10H,2H2,1H3,(H,16,19). The Morgan fingerprint density at radius 2 is 2.20 bits per heavy atom. The van der Waals surface area contributed by atoms with E-state index < -0.39 is 0 Å². The Labute approximate surface area is 129 Å². The molecule has 0 saturated heterocycles. The number of anilines is 1. The molecule has 0 aliphatic heterocycles. The molecule has 0 saturated carbocycles. The average molecular weight is 349 g/mol. The average Bonchev–Trinajstić information content (AvgIpc) is 2.98. The van der Waals surface area contributed by atoms with Gasteiger partial charge < -0.3 is 5.32 Å². The second kappa shape index (κ2) is 5.85. The van der Waals surface area contributed by atoms with Gasteiger partial charge in [-0.15, -0.1) is 11.3 Å². The van der Waals surface area contributed by atoms with Crippen molar-refractivity contribution >= 4 is 44.0 Å². The zero-order valence-corrected chi connectivity index (χ0v) is 13.3. The predicted octanol–water partition coefficient (Wildman–Crippen LogP) is 4.41. The molecule has 6 heteroatoms. The fourth-order valence-corrected chi connectivity index (χ4v) is 3.15. The summed E-state index contributed by atoms with van der Waals surface area (Å²) in [6.07, 6.45) is 6.39.